The van der Waals surface area contributed by atoms with Gasteiger partial charge in [-0.2, -0.15) is 0 Å². The summed E-state index contributed by atoms with van der Waals surface area (Å²) in [6, 6.07) is 0.101. The second kappa shape index (κ2) is 5.50. The fraction of sp³-hybridized carbons (Fsp3) is 0.917. The van der Waals surface area contributed by atoms with Crippen molar-refractivity contribution < 1.29 is 4.79 Å². The SMILES string of the molecule is CCC(N)CNC(=O)C1(CC)CCCC1. The summed E-state index contributed by atoms with van der Waals surface area (Å²) < 4.78 is 0. The molecule has 0 aromatic carbocycles. The maximum Gasteiger partial charge on any atom is 0.226 e. The van der Waals surface area contributed by atoms with Gasteiger partial charge in [0.2, 0.25) is 5.91 Å². The lowest BCUT2D eigenvalue weighted by atomic mass is 9.82. The highest BCUT2D eigenvalue weighted by molar-refractivity contribution is 5.82. The standard InChI is InChI=1S/C12H24N2O/c1-3-10(13)9-14-11(15)12(4-2)7-5-6-8-12/h10H,3-9,13H2,1-2H3,(H,14,15). The Balaban J connectivity index is 2.44. The van der Waals surface area contributed by atoms with Gasteiger partial charge in [-0.25, -0.2) is 0 Å². The summed E-state index contributed by atoms with van der Waals surface area (Å²) in [5.41, 5.74) is 5.71. The summed E-state index contributed by atoms with van der Waals surface area (Å²) in [5.74, 6) is 0.228. The predicted molar refractivity (Wildman–Crippen MR) is 62.5 cm³/mol. The topological polar surface area (TPSA) is 55.1 Å². The summed E-state index contributed by atoms with van der Waals surface area (Å²) in [7, 11) is 0. The van der Waals surface area contributed by atoms with Gasteiger partial charge in [0, 0.05) is 18.0 Å². The van der Waals surface area contributed by atoms with Crippen LogP contribution in [0.5, 0.6) is 0 Å². The Labute approximate surface area is 92.8 Å². The molecule has 0 bridgehead atoms. The number of carbonyl (C=O) groups excluding carboxylic acids is 1. The normalized spacial score (nSPS) is 21.3. The molecule has 3 nitrogen and oxygen atoms in total. The molecule has 15 heavy (non-hydrogen) atoms. The first-order chi connectivity index (χ1) is 7.14. The van der Waals surface area contributed by atoms with Crippen LogP contribution in [0.25, 0.3) is 0 Å². The van der Waals surface area contributed by atoms with Crippen molar-refractivity contribution in [3.63, 3.8) is 0 Å². The zero-order valence-corrected chi connectivity index (χ0v) is 10.0. The molecule has 1 amide bonds. The van der Waals surface area contributed by atoms with Gasteiger partial charge in [-0.1, -0.05) is 26.7 Å². The molecule has 0 aliphatic heterocycles. The van der Waals surface area contributed by atoms with Crippen LogP contribution < -0.4 is 11.1 Å². The van der Waals surface area contributed by atoms with Crippen molar-refractivity contribution in [2.24, 2.45) is 11.1 Å². The van der Waals surface area contributed by atoms with Crippen LogP contribution in [0.1, 0.15) is 52.4 Å². The zero-order valence-electron chi connectivity index (χ0n) is 10.0. The Morgan fingerprint density at radius 1 is 1.40 bits per heavy atom. The summed E-state index contributed by atoms with van der Waals surface area (Å²) in [6.45, 7) is 4.78. The molecule has 1 aliphatic rings. The highest BCUT2D eigenvalue weighted by atomic mass is 16.2. The monoisotopic (exact) mass is 212 g/mol. The summed E-state index contributed by atoms with van der Waals surface area (Å²) in [4.78, 5) is 12.1. The Kier molecular flexibility index (Phi) is 4.58. The van der Waals surface area contributed by atoms with Gasteiger partial charge in [0.05, 0.1) is 0 Å². The lowest BCUT2D eigenvalue weighted by molar-refractivity contribution is -0.131. The van der Waals surface area contributed by atoms with Crippen molar-refractivity contribution in [2.75, 3.05) is 6.54 Å². The van der Waals surface area contributed by atoms with E-state index in [2.05, 4.69) is 12.2 Å². The lowest BCUT2D eigenvalue weighted by Crippen LogP contribution is -2.44. The Bertz CT molecular complexity index is 210. The number of hydrogen-bond acceptors (Lipinski definition) is 2. The van der Waals surface area contributed by atoms with Crippen LogP contribution >= 0.6 is 0 Å². The molecule has 0 heterocycles. The smallest absolute Gasteiger partial charge is 0.226 e. The molecule has 0 radical (unpaired) electrons. The largest absolute Gasteiger partial charge is 0.354 e. The van der Waals surface area contributed by atoms with Gasteiger partial charge in [0.25, 0.3) is 0 Å². The van der Waals surface area contributed by atoms with Crippen molar-refractivity contribution in [1.82, 2.24) is 5.32 Å². The summed E-state index contributed by atoms with van der Waals surface area (Å²) in [5, 5.41) is 3.00. The Hall–Kier alpha value is -0.570. The molecule has 0 aromatic rings. The minimum atomic E-state index is -0.0759. The van der Waals surface area contributed by atoms with E-state index in [1.165, 1.54) is 12.8 Å². The van der Waals surface area contributed by atoms with Crippen LogP contribution in [0, 0.1) is 5.41 Å². The minimum absolute atomic E-state index is 0.0759. The van der Waals surface area contributed by atoms with Gasteiger partial charge in [-0.15, -0.1) is 0 Å². The molecule has 0 spiro atoms. The maximum absolute atomic E-state index is 12.1. The number of amides is 1. The van der Waals surface area contributed by atoms with Crippen molar-refractivity contribution >= 4 is 5.91 Å². The van der Waals surface area contributed by atoms with Gasteiger partial charge in [-0.3, -0.25) is 4.79 Å². The Morgan fingerprint density at radius 2 is 2.00 bits per heavy atom. The molecular weight excluding hydrogens is 188 g/mol. The molecule has 1 unspecified atom stereocenters. The molecule has 1 saturated carbocycles. The van der Waals surface area contributed by atoms with E-state index in [9.17, 15) is 4.79 Å². The fourth-order valence-electron chi connectivity index (χ4n) is 2.35. The van der Waals surface area contributed by atoms with Gasteiger partial charge < -0.3 is 11.1 Å². The zero-order chi connectivity index (χ0) is 11.3. The molecule has 3 N–H and O–H groups in total. The van der Waals surface area contributed by atoms with E-state index in [0.29, 0.717) is 6.54 Å². The van der Waals surface area contributed by atoms with E-state index in [4.69, 9.17) is 5.73 Å². The number of hydrogen-bond donors (Lipinski definition) is 2. The third-order valence-electron chi connectivity index (χ3n) is 3.77. The van der Waals surface area contributed by atoms with Crippen LogP contribution in [-0.2, 0) is 4.79 Å². The van der Waals surface area contributed by atoms with Gasteiger partial charge in [0.15, 0.2) is 0 Å². The molecule has 1 rings (SSSR count). The van der Waals surface area contributed by atoms with E-state index in [1.807, 2.05) is 6.92 Å². The first-order valence-electron chi connectivity index (χ1n) is 6.18. The number of nitrogens with one attached hydrogen (secondary N) is 1. The molecular formula is C12H24N2O. The lowest BCUT2D eigenvalue weighted by Gasteiger charge is -2.26. The van der Waals surface area contributed by atoms with E-state index < -0.39 is 0 Å². The Morgan fingerprint density at radius 3 is 2.47 bits per heavy atom. The predicted octanol–water partition coefficient (Wildman–Crippen LogP) is 1.81. The number of nitrogens with two attached hydrogens (primary N) is 1. The fourth-order valence-corrected chi connectivity index (χ4v) is 2.35. The second-order valence-electron chi connectivity index (χ2n) is 4.72. The van der Waals surface area contributed by atoms with E-state index >= 15 is 0 Å². The maximum atomic E-state index is 12.1. The van der Waals surface area contributed by atoms with Crippen molar-refractivity contribution in [2.45, 2.75) is 58.4 Å². The van der Waals surface area contributed by atoms with E-state index in [-0.39, 0.29) is 17.4 Å². The highest BCUT2D eigenvalue weighted by Gasteiger charge is 2.38. The third-order valence-corrected chi connectivity index (χ3v) is 3.77. The minimum Gasteiger partial charge on any atom is -0.354 e. The quantitative estimate of drug-likeness (QED) is 0.730. The first kappa shape index (κ1) is 12.5. The van der Waals surface area contributed by atoms with Crippen molar-refractivity contribution in [3.8, 4) is 0 Å². The van der Waals surface area contributed by atoms with Crippen molar-refractivity contribution in [1.29, 1.82) is 0 Å². The number of carbonyl (C=O) groups is 1. The average molecular weight is 212 g/mol. The second-order valence-corrected chi connectivity index (χ2v) is 4.72. The molecule has 0 saturated heterocycles. The number of rotatable bonds is 5. The highest BCUT2D eigenvalue weighted by Crippen LogP contribution is 2.40. The van der Waals surface area contributed by atoms with Crippen molar-refractivity contribution in [3.05, 3.63) is 0 Å². The average Bonchev–Trinajstić information content (AvgIpc) is 2.75. The molecule has 3 heteroatoms. The molecule has 88 valence electrons. The van der Waals surface area contributed by atoms with Crippen LogP contribution in [-0.4, -0.2) is 18.5 Å². The summed E-state index contributed by atoms with van der Waals surface area (Å²) in [6.07, 6.45) is 6.37. The van der Waals surface area contributed by atoms with Gasteiger partial charge in [-0.05, 0) is 25.7 Å². The molecule has 1 fully saturated rings. The van der Waals surface area contributed by atoms with Gasteiger partial charge in [0.1, 0.15) is 0 Å². The molecule has 0 aromatic heterocycles. The van der Waals surface area contributed by atoms with Gasteiger partial charge >= 0.3 is 0 Å². The van der Waals surface area contributed by atoms with Crippen LogP contribution in [0.2, 0.25) is 0 Å². The summed E-state index contributed by atoms with van der Waals surface area (Å²) >= 11 is 0. The van der Waals surface area contributed by atoms with Crippen LogP contribution in [0.15, 0.2) is 0 Å². The van der Waals surface area contributed by atoms with E-state index in [0.717, 1.165) is 25.7 Å². The van der Waals surface area contributed by atoms with Crippen LogP contribution in [0.4, 0.5) is 0 Å². The van der Waals surface area contributed by atoms with E-state index in [1.54, 1.807) is 0 Å². The first-order valence-corrected chi connectivity index (χ1v) is 6.18. The van der Waals surface area contributed by atoms with Crippen LogP contribution in [0.3, 0.4) is 0 Å². The third kappa shape index (κ3) is 2.94. The molecule has 1 aliphatic carbocycles. The molecule has 1 atom stereocenters.